The summed E-state index contributed by atoms with van der Waals surface area (Å²) in [6, 6.07) is 0.610. The molecule has 0 radical (unpaired) electrons. The number of nitrogens with zero attached hydrogens (tertiary/aromatic N) is 1. The molecule has 0 unspecified atom stereocenters. The van der Waals surface area contributed by atoms with E-state index in [-0.39, 0.29) is 18.2 Å². The summed E-state index contributed by atoms with van der Waals surface area (Å²) in [5, 5.41) is 10.2. The summed E-state index contributed by atoms with van der Waals surface area (Å²) >= 11 is 0. The zero-order chi connectivity index (χ0) is 11.6. The number of furan rings is 1. The Bertz CT molecular complexity index is 366. The number of hydrogen-bond acceptors (Lipinski definition) is 4. The molecule has 1 aromatic rings. The largest absolute Gasteiger partial charge is 0.433 e. The molecular weight excluding hydrogens is 253 g/mol. The Morgan fingerprint density at radius 1 is 1.50 bits per heavy atom. The molecule has 0 aliphatic rings. The Balaban J connectivity index is 0.00000225. The molecule has 0 aliphatic carbocycles. The first-order valence-corrected chi connectivity index (χ1v) is 3.86. The first-order valence-electron chi connectivity index (χ1n) is 3.86. The van der Waals surface area contributed by atoms with E-state index < -0.39 is 29.4 Å². The van der Waals surface area contributed by atoms with Crippen LogP contribution in [-0.2, 0) is 0 Å². The molecule has 1 aromatic heterocycles. The minimum absolute atomic E-state index is 0. The van der Waals surface area contributed by atoms with Crippen molar-refractivity contribution in [1.29, 1.82) is 0 Å². The van der Waals surface area contributed by atoms with Gasteiger partial charge in [-0.2, -0.15) is 13.2 Å². The highest BCUT2D eigenvalue weighted by Crippen LogP contribution is 2.29. The van der Waals surface area contributed by atoms with E-state index in [1.165, 1.54) is 0 Å². The summed E-state index contributed by atoms with van der Waals surface area (Å²) in [5.74, 6) is -0.873. The second-order valence-corrected chi connectivity index (χ2v) is 2.86. The van der Waals surface area contributed by atoms with Crippen molar-refractivity contribution in [3.8, 4) is 0 Å². The monoisotopic (exact) mass is 260 g/mol. The van der Waals surface area contributed by atoms with E-state index in [4.69, 9.17) is 5.73 Å². The standard InChI is InChI=1S/C7H7F3N2O3.ClH/c8-7(9,10)3-4(11)5-1-2-6(15-5)12(13)14;/h1-2,4H,3,11H2;1H/t4-;/m1./s1. The molecule has 5 nitrogen and oxygen atoms in total. The lowest BCUT2D eigenvalue weighted by atomic mass is 10.2. The maximum atomic E-state index is 11.9. The van der Waals surface area contributed by atoms with Gasteiger partial charge in [-0.25, -0.2) is 0 Å². The third kappa shape index (κ3) is 4.07. The third-order valence-corrected chi connectivity index (χ3v) is 1.61. The van der Waals surface area contributed by atoms with Crippen LogP contribution in [0.15, 0.2) is 16.5 Å². The molecule has 0 saturated heterocycles. The molecular formula is C7H8ClF3N2O3. The number of hydrogen-bond donors (Lipinski definition) is 1. The lowest BCUT2D eigenvalue weighted by molar-refractivity contribution is -0.402. The highest BCUT2D eigenvalue weighted by molar-refractivity contribution is 5.85. The van der Waals surface area contributed by atoms with Crippen LogP contribution in [0, 0.1) is 10.1 Å². The maximum absolute atomic E-state index is 11.9. The van der Waals surface area contributed by atoms with Gasteiger partial charge in [-0.05, 0) is 6.07 Å². The molecule has 0 spiro atoms. The van der Waals surface area contributed by atoms with Gasteiger partial charge in [-0.3, -0.25) is 10.1 Å². The predicted molar refractivity (Wildman–Crippen MR) is 50.2 cm³/mol. The van der Waals surface area contributed by atoms with E-state index in [9.17, 15) is 23.3 Å². The molecule has 92 valence electrons. The number of nitro groups is 1. The van der Waals surface area contributed by atoms with Crippen molar-refractivity contribution in [1.82, 2.24) is 0 Å². The van der Waals surface area contributed by atoms with Gasteiger partial charge in [-0.1, -0.05) is 0 Å². The lowest BCUT2D eigenvalue weighted by Gasteiger charge is -2.10. The Hall–Kier alpha value is -1.28. The Labute approximate surface area is 94.0 Å². The second kappa shape index (κ2) is 5.17. The number of halogens is 4. The fraction of sp³-hybridized carbons (Fsp3) is 0.429. The average molecular weight is 261 g/mol. The first kappa shape index (κ1) is 14.7. The molecule has 0 amide bonds. The summed E-state index contributed by atoms with van der Waals surface area (Å²) in [7, 11) is 0. The molecule has 2 N–H and O–H groups in total. The first-order chi connectivity index (χ1) is 6.79. The average Bonchev–Trinajstić information content (AvgIpc) is 2.47. The summed E-state index contributed by atoms with van der Waals surface area (Å²) < 4.78 is 40.2. The fourth-order valence-electron chi connectivity index (χ4n) is 0.990. The van der Waals surface area contributed by atoms with Crippen LogP contribution >= 0.6 is 12.4 Å². The Morgan fingerprint density at radius 3 is 2.44 bits per heavy atom. The molecule has 0 bridgehead atoms. The SMILES string of the molecule is Cl.N[C@H](CC(F)(F)F)c1ccc([N+](=O)[O-])o1. The van der Waals surface area contributed by atoms with Gasteiger partial charge in [0.15, 0.2) is 0 Å². The van der Waals surface area contributed by atoms with Crippen LogP contribution in [-0.4, -0.2) is 11.1 Å². The normalized spacial score (nSPS) is 13.0. The van der Waals surface area contributed by atoms with E-state index >= 15 is 0 Å². The topological polar surface area (TPSA) is 82.3 Å². The van der Waals surface area contributed by atoms with Crippen LogP contribution in [0.1, 0.15) is 18.2 Å². The minimum atomic E-state index is -4.43. The van der Waals surface area contributed by atoms with Crippen LogP contribution < -0.4 is 5.73 Å². The van der Waals surface area contributed by atoms with Crippen molar-refractivity contribution in [3.63, 3.8) is 0 Å². The quantitative estimate of drug-likeness (QED) is 0.669. The highest BCUT2D eigenvalue weighted by Gasteiger charge is 2.32. The minimum Gasteiger partial charge on any atom is -0.404 e. The van der Waals surface area contributed by atoms with Gasteiger partial charge < -0.3 is 10.2 Å². The summed E-state index contributed by atoms with van der Waals surface area (Å²) in [4.78, 5) is 9.33. The van der Waals surface area contributed by atoms with Crippen molar-refractivity contribution < 1.29 is 22.5 Å². The smallest absolute Gasteiger partial charge is 0.404 e. The highest BCUT2D eigenvalue weighted by atomic mass is 35.5. The predicted octanol–water partition coefficient (Wildman–Crippen LogP) is 2.56. The summed E-state index contributed by atoms with van der Waals surface area (Å²) in [6.45, 7) is 0. The number of nitrogens with two attached hydrogens (primary N) is 1. The maximum Gasteiger partial charge on any atom is 0.433 e. The van der Waals surface area contributed by atoms with Crippen LogP contribution in [0.25, 0.3) is 0 Å². The van der Waals surface area contributed by atoms with Crippen molar-refractivity contribution in [2.24, 2.45) is 5.73 Å². The molecule has 9 heteroatoms. The van der Waals surface area contributed by atoms with E-state index in [2.05, 4.69) is 4.42 Å². The van der Waals surface area contributed by atoms with Crippen molar-refractivity contribution >= 4 is 18.3 Å². The van der Waals surface area contributed by atoms with E-state index in [1.54, 1.807) is 0 Å². The van der Waals surface area contributed by atoms with Gasteiger partial charge in [0.05, 0.1) is 18.5 Å². The Morgan fingerprint density at radius 2 is 2.06 bits per heavy atom. The fourth-order valence-corrected chi connectivity index (χ4v) is 0.990. The molecule has 0 aliphatic heterocycles. The molecule has 0 aromatic carbocycles. The van der Waals surface area contributed by atoms with Crippen molar-refractivity contribution in [2.45, 2.75) is 18.6 Å². The molecule has 0 fully saturated rings. The summed E-state index contributed by atoms with van der Waals surface area (Å²) in [5.41, 5.74) is 5.16. The second-order valence-electron chi connectivity index (χ2n) is 2.86. The van der Waals surface area contributed by atoms with Crippen LogP contribution in [0.5, 0.6) is 0 Å². The van der Waals surface area contributed by atoms with Crippen molar-refractivity contribution in [3.05, 3.63) is 28.0 Å². The van der Waals surface area contributed by atoms with Crippen molar-refractivity contribution in [2.75, 3.05) is 0 Å². The molecule has 1 heterocycles. The van der Waals surface area contributed by atoms with Gasteiger partial charge >= 0.3 is 12.1 Å². The van der Waals surface area contributed by atoms with Crippen LogP contribution in [0.2, 0.25) is 0 Å². The number of rotatable bonds is 3. The van der Waals surface area contributed by atoms with Gasteiger partial charge in [0.25, 0.3) is 0 Å². The van der Waals surface area contributed by atoms with E-state index in [1.807, 2.05) is 0 Å². The number of alkyl halides is 3. The van der Waals surface area contributed by atoms with E-state index in [0.29, 0.717) is 0 Å². The zero-order valence-corrected chi connectivity index (χ0v) is 8.55. The lowest BCUT2D eigenvalue weighted by Crippen LogP contribution is -2.19. The summed E-state index contributed by atoms with van der Waals surface area (Å²) in [6.07, 6.45) is -5.71. The van der Waals surface area contributed by atoms with Gasteiger partial charge in [0, 0.05) is 0 Å². The van der Waals surface area contributed by atoms with Gasteiger partial charge in [0.1, 0.15) is 10.7 Å². The third-order valence-electron chi connectivity index (χ3n) is 1.61. The zero-order valence-electron chi connectivity index (χ0n) is 7.73. The molecule has 0 saturated carbocycles. The van der Waals surface area contributed by atoms with Gasteiger partial charge in [0.2, 0.25) is 0 Å². The van der Waals surface area contributed by atoms with Gasteiger partial charge in [-0.15, -0.1) is 12.4 Å². The Kier molecular flexibility index (Phi) is 4.76. The molecule has 1 atom stereocenters. The van der Waals surface area contributed by atoms with E-state index in [0.717, 1.165) is 12.1 Å². The van der Waals surface area contributed by atoms with Crippen LogP contribution in [0.3, 0.4) is 0 Å². The molecule has 16 heavy (non-hydrogen) atoms. The molecule has 1 rings (SSSR count). The van der Waals surface area contributed by atoms with Crippen LogP contribution in [0.4, 0.5) is 19.1 Å².